The van der Waals surface area contributed by atoms with Crippen molar-refractivity contribution in [3.05, 3.63) is 71.4 Å². The minimum atomic E-state index is -0.0619. The van der Waals surface area contributed by atoms with Gasteiger partial charge >= 0.3 is 0 Å². The second-order valence-corrected chi connectivity index (χ2v) is 9.33. The standard InChI is InChI=1S/C30H28N2O6.HI/c1-34-20-6-4-18(5-7-20)12-28(33)31-15-23-21-8-9-25(35-2)30(36-3)24(21)16-32-11-10-19-13-26-27(38-17-37-26)14-22(19)29(23)32;/h4-9,13-14,16H,10-12,15,17H2,1-3H3;1H. The van der Waals surface area contributed by atoms with E-state index in [2.05, 4.69) is 28.2 Å². The van der Waals surface area contributed by atoms with Crippen LogP contribution in [0.25, 0.3) is 22.0 Å². The third-order valence-corrected chi connectivity index (χ3v) is 7.23. The highest BCUT2D eigenvalue weighted by atomic mass is 127. The van der Waals surface area contributed by atoms with Crippen molar-refractivity contribution in [3.8, 4) is 40.0 Å². The molecule has 0 spiro atoms. The Bertz CT molecular complexity index is 1550. The Balaban J connectivity index is 0.00000308. The van der Waals surface area contributed by atoms with E-state index in [-0.39, 0.29) is 43.1 Å². The van der Waals surface area contributed by atoms with E-state index in [0.29, 0.717) is 18.0 Å². The molecule has 0 saturated carbocycles. The number of hydrogen-bond acceptors (Lipinski definition) is 6. The number of hydrogen-bond donors (Lipinski definition) is 1. The van der Waals surface area contributed by atoms with Gasteiger partial charge in [-0.15, -0.1) is 0 Å². The number of rotatable bonds is 7. The minimum Gasteiger partial charge on any atom is -1.00 e. The summed E-state index contributed by atoms with van der Waals surface area (Å²) in [4.78, 5) is 13.0. The fourth-order valence-electron chi connectivity index (χ4n) is 5.37. The van der Waals surface area contributed by atoms with Gasteiger partial charge in [0, 0.05) is 18.4 Å². The van der Waals surface area contributed by atoms with Crippen molar-refractivity contribution < 1.29 is 57.0 Å². The van der Waals surface area contributed by atoms with E-state index in [4.69, 9.17) is 23.7 Å². The van der Waals surface area contributed by atoms with Gasteiger partial charge in [-0.2, -0.15) is 4.57 Å². The summed E-state index contributed by atoms with van der Waals surface area (Å²) in [6, 6.07) is 15.6. The fourth-order valence-corrected chi connectivity index (χ4v) is 5.37. The van der Waals surface area contributed by atoms with Crippen LogP contribution >= 0.6 is 0 Å². The summed E-state index contributed by atoms with van der Waals surface area (Å²) < 4.78 is 30.2. The number of methoxy groups -OCH3 is 3. The van der Waals surface area contributed by atoms with Crippen molar-refractivity contribution in [2.75, 3.05) is 28.1 Å². The molecule has 1 aromatic heterocycles. The molecule has 0 atom stereocenters. The number of aryl methyl sites for hydroxylation is 2. The zero-order valence-corrected chi connectivity index (χ0v) is 24.2. The normalized spacial score (nSPS) is 12.7. The molecule has 0 bridgehead atoms. The van der Waals surface area contributed by atoms with E-state index in [1.54, 1.807) is 21.3 Å². The average molecular weight is 640 g/mol. The molecule has 0 aliphatic carbocycles. The van der Waals surface area contributed by atoms with Gasteiger partial charge in [0.15, 0.2) is 35.7 Å². The first kappa shape index (κ1) is 26.9. The maximum absolute atomic E-state index is 13.0. The molecule has 4 aromatic rings. The summed E-state index contributed by atoms with van der Waals surface area (Å²) in [5, 5.41) is 5.08. The Morgan fingerprint density at radius 1 is 0.949 bits per heavy atom. The summed E-state index contributed by atoms with van der Waals surface area (Å²) in [6.07, 6.45) is 3.24. The van der Waals surface area contributed by atoms with Gasteiger partial charge < -0.3 is 53.0 Å². The van der Waals surface area contributed by atoms with Crippen molar-refractivity contribution in [1.82, 2.24) is 5.32 Å². The number of pyridine rings is 1. The van der Waals surface area contributed by atoms with Crippen LogP contribution < -0.4 is 57.5 Å². The highest BCUT2D eigenvalue weighted by Crippen LogP contribution is 2.43. The summed E-state index contributed by atoms with van der Waals surface area (Å²) in [5.74, 6) is 3.54. The van der Waals surface area contributed by atoms with Crippen LogP contribution in [0.15, 0.2) is 54.7 Å². The molecule has 0 radical (unpaired) electrons. The van der Waals surface area contributed by atoms with Crippen LogP contribution in [0.5, 0.6) is 28.7 Å². The molecule has 0 fully saturated rings. The van der Waals surface area contributed by atoms with E-state index in [1.807, 2.05) is 36.4 Å². The van der Waals surface area contributed by atoms with Gasteiger partial charge in [0.2, 0.25) is 18.4 Å². The third kappa shape index (κ3) is 4.91. The van der Waals surface area contributed by atoms with Crippen molar-refractivity contribution in [3.63, 3.8) is 0 Å². The number of aromatic nitrogens is 1. The molecule has 39 heavy (non-hydrogen) atoms. The Labute approximate surface area is 243 Å². The Morgan fingerprint density at radius 2 is 1.72 bits per heavy atom. The van der Waals surface area contributed by atoms with Crippen LogP contribution in [0.3, 0.4) is 0 Å². The second kappa shape index (κ2) is 11.2. The zero-order chi connectivity index (χ0) is 26.2. The van der Waals surface area contributed by atoms with Crippen LogP contribution in [-0.4, -0.2) is 34.0 Å². The van der Waals surface area contributed by atoms with Crippen molar-refractivity contribution in [1.29, 1.82) is 0 Å². The first-order chi connectivity index (χ1) is 18.6. The predicted octanol–water partition coefficient (Wildman–Crippen LogP) is 0.968. The molecule has 2 aliphatic rings. The molecule has 202 valence electrons. The van der Waals surface area contributed by atoms with Crippen molar-refractivity contribution >= 4 is 16.7 Å². The van der Waals surface area contributed by atoms with Crippen LogP contribution in [-0.2, 0) is 30.7 Å². The minimum absolute atomic E-state index is 0. The lowest BCUT2D eigenvalue weighted by molar-refractivity contribution is -0.686. The van der Waals surface area contributed by atoms with Gasteiger partial charge in [0.1, 0.15) is 5.75 Å². The maximum Gasteiger partial charge on any atom is 0.231 e. The lowest BCUT2D eigenvalue weighted by atomic mass is 9.91. The zero-order valence-electron chi connectivity index (χ0n) is 22.0. The number of nitrogens with zero attached hydrogens (tertiary/aromatic N) is 1. The molecule has 9 heteroatoms. The number of halogens is 1. The molecule has 1 N–H and O–H groups in total. The lowest BCUT2D eigenvalue weighted by Gasteiger charge is -2.21. The average Bonchev–Trinajstić information content (AvgIpc) is 3.41. The Kier molecular flexibility index (Phi) is 7.69. The van der Waals surface area contributed by atoms with Gasteiger partial charge in [-0.25, -0.2) is 0 Å². The highest BCUT2D eigenvalue weighted by Gasteiger charge is 2.32. The molecule has 6 rings (SSSR count). The van der Waals surface area contributed by atoms with Gasteiger partial charge in [-0.1, -0.05) is 12.1 Å². The Morgan fingerprint density at radius 3 is 2.44 bits per heavy atom. The number of fused-ring (bicyclic) bond motifs is 5. The first-order valence-electron chi connectivity index (χ1n) is 12.5. The van der Waals surface area contributed by atoms with Gasteiger partial charge in [-0.05, 0) is 47.5 Å². The van der Waals surface area contributed by atoms with Crippen molar-refractivity contribution in [2.45, 2.75) is 25.9 Å². The molecule has 3 aromatic carbocycles. The smallest absolute Gasteiger partial charge is 0.231 e. The largest absolute Gasteiger partial charge is 1.00 e. The maximum atomic E-state index is 13.0. The molecule has 2 aliphatic heterocycles. The quantitative estimate of drug-likeness (QED) is 0.240. The van der Waals surface area contributed by atoms with Crippen molar-refractivity contribution in [2.24, 2.45) is 0 Å². The van der Waals surface area contributed by atoms with E-state index >= 15 is 0 Å². The number of nitrogens with one attached hydrogen (secondary N) is 1. The molecule has 1 amide bonds. The predicted molar refractivity (Wildman–Crippen MR) is 141 cm³/mol. The number of carbonyl (C=O) groups excluding carboxylic acids is 1. The van der Waals surface area contributed by atoms with E-state index in [9.17, 15) is 4.79 Å². The fraction of sp³-hybridized carbons (Fsp3) is 0.267. The summed E-state index contributed by atoms with van der Waals surface area (Å²) in [7, 11) is 4.91. The molecule has 0 saturated heterocycles. The van der Waals surface area contributed by atoms with Gasteiger partial charge in [0.05, 0.1) is 44.3 Å². The SMILES string of the molecule is COc1ccc(CC(=O)NCc2c3[n+](cc4c(OC)c(OC)ccc24)CCc2cc4c(cc2-3)OCO4)cc1.[I-]. The van der Waals surface area contributed by atoms with Crippen LogP contribution in [0.4, 0.5) is 0 Å². The van der Waals surface area contributed by atoms with Gasteiger partial charge in [-0.3, -0.25) is 4.79 Å². The van der Waals surface area contributed by atoms with Crippen LogP contribution in [0.2, 0.25) is 0 Å². The molecule has 8 nitrogen and oxygen atoms in total. The number of amides is 1. The monoisotopic (exact) mass is 640 g/mol. The molecule has 0 unspecified atom stereocenters. The lowest BCUT2D eigenvalue weighted by Crippen LogP contribution is -3.00. The summed E-state index contributed by atoms with van der Waals surface area (Å²) >= 11 is 0. The summed E-state index contributed by atoms with van der Waals surface area (Å²) in [6.45, 7) is 1.36. The van der Waals surface area contributed by atoms with Crippen LogP contribution in [0, 0.1) is 0 Å². The van der Waals surface area contributed by atoms with E-state index in [1.165, 1.54) is 5.56 Å². The first-order valence-corrected chi connectivity index (χ1v) is 12.5. The number of ether oxygens (including phenoxy) is 5. The third-order valence-electron chi connectivity index (χ3n) is 7.23. The Hall–Kier alpha value is -3.73. The summed E-state index contributed by atoms with van der Waals surface area (Å²) in [5.41, 5.74) is 5.25. The molecular formula is C30H29IN2O6. The highest BCUT2D eigenvalue weighted by molar-refractivity contribution is 5.95. The van der Waals surface area contributed by atoms with Gasteiger partial charge in [0.25, 0.3) is 0 Å². The number of benzene rings is 3. The van der Waals surface area contributed by atoms with E-state index < -0.39 is 0 Å². The van der Waals surface area contributed by atoms with Crippen LogP contribution in [0.1, 0.15) is 16.7 Å². The molecular weight excluding hydrogens is 611 g/mol. The van der Waals surface area contributed by atoms with E-state index in [0.717, 1.165) is 63.4 Å². The topological polar surface area (TPSA) is 79.1 Å². The number of carbonyl (C=O) groups is 1. The second-order valence-electron chi connectivity index (χ2n) is 9.33. The molecule has 3 heterocycles.